The molecule has 2 saturated heterocycles. The number of hydrogen-bond acceptors (Lipinski definition) is 4. The smallest absolute Gasteiger partial charge is 0.220 e. The first kappa shape index (κ1) is 14.2. The minimum Gasteiger partial charge on any atom is -0.355 e. The second-order valence-electron chi connectivity index (χ2n) is 5.22. The summed E-state index contributed by atoms with van der Waals surface area (Å²) in [7, 11) is 0. The van der Waals surface area contributed by atoms with Crippen LogP contribution in [-0.4, -0.2) is 61.6 Å². The van der Waals surface area contributed by atoms with Gasteiger partial charge in [-0.3, -0.25) is 9.69 Å². The van der Waals surface area contributed by atoms with Gasteiger partial charge in [-0.2, -0.15) is 11.8 Å². The zero-order chi connectivity index (χ0) is 12.6. The topological polar surface area (TPSA) is 44.4 Å². The normalized spacial score (nSPS) is 25.9. The fraction of sp³-hybridized carbons (Fsp3) is 0.923. The van der Waals surface area contributed by atoms with Crippen molar-refractivity contribution in [3.05, 3.63) is 0 Å². The fourth-order valence-corrected chi connectivity index (χ4v) is 3.59. The number of amides is 1. The maximum atomic E-state index is 11.8. The summed E-state index contributed by atoms with van der Waals surface area (Å²) in [5.41, 5.74) is 0. The molecule has 0 aromatic carbocycles. The van der Waals surface area contributed by atoms with E-state index in [0.29, 0.717) is 12.3 Å². The molecule has 0 aromatic heterocycles. The molecule has 0 spiro atoms. The number of carbonyl (C=O) groups excluding carboxylic acids is 1. The molecule has 2 rings (SSSR count). The molecule has 0 aromatic rings. The van der Waals surface area contributed by atoms with E-state index in [9.17, 15) is 4.79 Å². The van der Waals surface area contributed by atoms with E-state index >= 15 is 0 Å². The van der Waals surface area contributed by atoms with Crippen LogP contribution in [0, 0.1) is 5.92 Å². The van der Waals surface area contributed by atoms with E-state index in [1.807, 2.05) is 11.8 Å². The maximum Gasteiger partial charge on any atom is 0.220 e. The van der Waals surface area contributed by atoms with Gasteiger partial charge in [0.1, 0.15) is 0 Å². The highest BCUT2D eigenvalue weighted by atomic mass is 32.2. The van der Waals surface area contributed by atoms with Crippen molar-refractivity contribution in [3.8, 4) is 0 Å². The number of hydrogen-bond donors (Lipinski definition) is 2. The Kier molecular flexibility index (Phi) is 6.31. The van der Waals surface area contributed by atoms with Crippen molar-refractivity contribution in [2.24, 2.45) is 5.92 Å². The zero-order valence-electron chi connectivity index (χ0n) is 11.1. The fourth-order valence-electron chi connectivity index (χ4n) is 2.61. The first-order chi connectivity index (χ1) is 8.84. The van der Waals surface area contributed by atoms with Gasteiger partial charge < -0.3 is 10.6 Å². The van der Waals surface area contributed by atoms with Gasteiger partial charge in [-0.05, 0) is 31.8 Å². The Morgan fingerprint density at radius 2 is 2.22 bits per heavy atom. The van der Waals surface area contributed by atoms with Crippen LogP contribution in [0.2, 0.25) is 0 Å². The van der Waals surface area contributed by atoms with Gasteiger partial charge >= 0.3 is 0 Å². The molecule has 18 heavy (non-hydrogen) atoms. The monoisotopic (exact) mass is 271 g/mol. The van der Waals surface area contributed by atoms with Crippen LogP contribution in [0.15, 0.2) is 0 Å². The molecule has 0 saturated carbocycles. The second-order valence-corrected chi connectivity index (χ2v) is 6.45. The molecule has 104 valence electrons. The Labute approximate surface area is 114 Å². The van der Waals surface area contributed by atoms with E-state index in [2.05, 4.69) is 15.5 Å². The molecule has 2 fully saturated rings. The first-order valence-corrected chi connectivity index (χ1v) is 8.27. The van der Waals surface area contributed by atoms with Crippen molar-refractivity contribution in [2.45, 2.75) is 19.3 Å². The lowest BCUT2D eigenvalue weighted by Crippen LogP contribution is -2.40. The molecule has 0 bridgehead atoms. The number of piperidine rings is 1. The van der Waals surface area contributed by atoms with Crippen LogP contribution < -0.4 is 10.6 Å². The zero-order valence-corrected chi connectivity index (χ0v) is 11.9. The Morgan fingerprint density at radius 1 is 1.39 bits per heavy atom. The number of carbonyl (C=O) groups is 1. The van der Waals surface area contributed by atoms with Crippen molar-refractivity contribution in [2.75, 3.05) is 50.8 Å². The molecule has 0 aliphatic carbocycles. The SMILES string of the molecule is O=C(CC1CCCNC1)NCCN1CCSCC1. The summed E-state index contributed by atoms with van der Waals surface area (Å²) >= 11 is 2.03. The van der Waals surface area contributed by atoms with E-state index in [-0.39, 0.29) is 5.91 Å². The number of thioether (sulfide) groups is 1. The second kappa shape index (κ2) is 8.02. The van der Waals surface area contributed by atoms with Crippen molar-refractivity contribution in [3.63, 3.8) is 0 Å². The van der Waals surface area contributed by atoms with Crippen LogP contribution in [0.3, 0.4) is 0 Å². The lowest BCUT2D eigenvalue weighted by molar-refractivity contribution is -0.122. The maximum absolute atomic E-state index is 11.8. The summed E-state index contributed by atoms with van der Waals surface area (Å²) in [4.78, 5) is 14.2. The standard InChI is InChI=1S/C13H25N3OS/c17-13(10-12-2-1-3-14-11-12)15-4-5-16-6-8-18-9-7-16/h12,14H,1-11H2,(H,15,17). The number of nitrogens with zero attached hydrogens (tertiary/aromatic N) is 1. The average Bonchev–Trinajstić information content (AvgIpc) is 2.41. The van der Waals surface area contributed by atoms with Crippen molar-refractivity contribution >= 4 is 17.7 Å². The largest absolute Gasteiger partial charge is 0.355 e. The summed E-state index contributed by atoms with van der Waals surface area (Å²) in [6.45, 7) is 6.29. The Balaban J connectivity index is 1.53. The molecule has 1 atom stereocenters. The Hall–Kier alpha value is -0.260. The molecule has 2 heterocycles. The molecule has 2 aliphatic rings. The number of nitrogens with one attached hydrogen (secondary N) is 2. The van der Waals surface area contributed by atoms with Gasteiger partial charge in [0.05, 0.1) is 0 Å². The van der Waals surface area contributed by atoms with Crippen LogP contribution in [0.1, 0.15) is 19.3 Å². The summed E-state index contributed by atoms with van der Waals surface area (Å²) < 4.78 is 0. The molecule has 0 radical (unpaired) electrons. The highest BCUT2D eigenvalue weighted by Gasteiger charge is 2.16. The van der Waals surface area contributed by atoms with Gasteiger partial charge in [0.2, 0.25) is 5.91 Å². The third-order valence-corrected chi connectivity index (χ3v) is 4.67. The summed E-state index contributed by atoms with van der Waals surface area (Å²) in [5, 5.41) is 6.42. The predicted octanol–water partition coefficient (Wildman–Crippen LogP) is 0.541. The summed E-state index contributed by atoms with van der Waals surface area (Å²) in [6, 6.07) is 0. The predicted molar refractivity (Wildman–Crippen MR) is 77.0 cm³/mol. The molecular weight excluding hydrogens is 246 g/mol. The average molecular weight is 271 g/mol. The van der Waals surface area contributed by atoms with Gasteiger partial charge in [0.15, 0.2) is 0 Å². The van der Waals surface area contributed by atoms with Gasteiger partial charge in [-0.1, -0.05) is 0 Å². The molecule has 2 N–H and O–H groups in total. The van der Waals surface area contributed by atoms with Crippen LogP contribution in [0.5, 0.6) is 0 Å². The number of rotatable bonds is 5. The highest BCUT2D eigenvalue weighted by molar-refractivity contribution is 7.99. The van der Waals surface area contributed by atoms with E-state index in [1.165, 1.54) is 37.4 Å². The third-order valence-electron chi connectivity index (χ3n) is 3.73. The van der Waals surface area contributed by atoms with Gasteiger partial charge in [-0.15, -0.1) is 0 Å². The molecule has 5 heteroatoms. The quantitative estimate of drug-likeness (QED) is 0.766. The molecule has 1 unspecified atom stereocenters. The van der Waals surface area contributed by atoms with E-state index in [1.54, 1.807) is 0 Å². The van der Waals surface area contributed by atoms with Crippen LogP contribution in [0.4, 0.5) is 0 Å². The lowest BCUT2D eigenvalue weighted by atomic mass is 9.96. The van der Waals surface area contributed by atoms with Gasteiger partial charge in [0.25, 0.3) is 0 Å². The molecule has 4 nitrogen and oxygen atoms in total. The first-order valence-electron chi connectivity index (χ1n) is 7.12. The van der Waals surface area contributed by atoms with Crippen LogP contribution >= 0.6 is 11.8 Å². The van der Waals surface area contributed by atoms with E-state index in [4.69, 9.17) is 0 Å². The molecular formula is C13H25N3OS. The molecule has 1 amide bonds. The Bertz CT molecular complexity index is 251. The van der Waals surface area contributed by atoms with Crippen molar-refractivity contribution < 1.29 is 4.79 Å². The minimum absolute atomic E-state index is 0.232. The summed E-state index contributed by atoms with van der Waals surface area (Å²) in [5.74, 6) is 3.25. The Morgan fingerprint density at radius 3 is 2.94 bits per heavy atom. The highest BCUT2D eigenvalue weighted by Crippen LogP contribution is 2.13. The van der Waals surface area contributed by atoms with Crippen LogP contribution in [0.25, 0.3) is 0 Å². The third kappa shape index (κ3) is 5.16. The van der Waals surface area contributed by atoms with E-state index < -0.39 is 0 Å². The minimum atomic E-state index is 0.232. The van der Waals surface area contributed by atoms with Crippen molar-refractivity contribution in [1.82, 2.24) is 15.5 Å². The van der Waals surface area contributed by atoms with Crippen molar-refractivity contribution in [1.29, 1.82) is 0 Å². The lowest BCUT2D eigenvalue weighted by Gasteiger charge is -2.26. The van der Waals surface area contributed by atoms with Gasteiger partial charge in [0, 0.05) is 44.1 Å². The van der Waals surface area contributed by atoms with Gasteiger partial charge in [-0.25, -0.2) is 0 Å². The van der Waals surface area contributed by atoms with Crippen LogP contribution in [-0.2, 0) is 4.79 Å². The van der Waals surface area contributed by atoms with E-state index in [0.717, 1.165) is 26.2 Å². The molecule has 2 aliphatic heterocycles. The summed E-state index contributed by atoms with van der Waals surface area (Å²) in [6.07, 6.45) is 3.11.